The predicted molar refractivity (Wildman–Crippen MR) is 420 cm³/mol. The van der Waals surface area contributed by atoms with Gasteiger partial charge in [0, 0.05) is 29.7 Å². The quantitative estimate of drug-likeness (QED) is 0.0129. The summed E-state index contributed by atoms with van der Waals surface area (Å²) in [7, 11) is -4.46. The number of halogens is 1. The Kier molecular flexibility index (Phi) is 51.3. The van der Waals surface area contributed by atoms with Gasteiger partial charge in [0.1, 0.15) is 26.4 Å². The van der Waals surface area contributed by atoms with E-state index in [-0.39, 0.29) is 55.6 Å². The van der Waals surface area contributed by atoms with Crippen LogP contribution in [-0.2, 0) is 33.0 Å². The number of unbranched alkanes of at least 4 members (excludes halogenated alkanes) is 24. The first-order chi connectivity index (χ1) is 46.4. The molecule has 4 atom stereocenters. The number of hydrogen-bond acceptors (Lipinski definition) is 10. The van der Waals surface area contributed by atoms with E-state index in [9.17, 15) is 19.8 Å². The summed E-state index contributed by atoms with van der Waals surface area (Å²) in [5.74, 6) is -0.169. The fourth-order valence-electron chi connectivity index (χ4n) is 12.9. The second kappa shape index (κ2) is 55.4. The van der Waals surface area contributed by atoms with E-state index in [1.54, 1.807) is 10.4 Å². The number of carbonyl (C=O) groups excluding carboxylic acids is 2. The van der Waals surface area contributed by atoms with Crippen LogP contribution in [0.25, 0.3) is 0 Å². The molecule has 0 fully saturated rings. The Hall–Kier alpha value is -3.26. The minimum Gasteiger partial charge on any atom is -0.462 e. The number of aliphatic hydroxyl groups excluding tert-OH is 3. The van der Waals surface area contributed by atoms with Gasteiger partial charge in [-0.3, -0.25) is 9.59 Å². The zero-order valence-electron chi connectivity index (χ0n) is 62.4. The highest BCUT2D eigenvalue weighted by molar-refractivity contribution is 14.1. The minimum atomic E-state index is -2.72. The molecule has 0 unspecified atom stereocenters. The number of aliphatic hydroxyl groups is 3. The average molecular weight is 1480 g/mol. The SMILES string of the molecule is CC(C)(C)[Si](CI)(c1ccccc1)c1ccccc1.CCCCCCCCCCCC(=O)O[C@H](CCCCCCC)CCOC[C@@H](O)CO.CCCCCCCCCCCC(=O)O[C@H](CCCCCCC)CCOC[C@@H](O)CO[Si](c1ccccc1)(c1ccccc1)C(C)(C)C. The van der Waals surface area contributed by atoms with E-state index < -0.39 is 28.6 Å². The molecule has 0 saturated carbocycles. The van der Waals surface area contributed by atoms with Gasteiger partial charge in [-0.1, -0.05) is 378 Å². The first-order valence-corrected chi connectivity index (χ1v) is 44.0. The maximum Gasteiger partial charge on any atom is 0.306 e. The number of alkyl halides is 1. The van der Waals surface area contributed by atoms with Crippen LogP contribution >= 0.6 is 22.6 Å². The molecule has 0 bridgehead atoms. The highest BCUT2D eigenvalue weighted by atomic mass is 127. The standard InChI is InChI=1S/C41H68O5Si.C25H50O5.C17H21ISi/c1-6-8-10-12-13-14-15-17-25-31-40(43)46-37(26-20-16-11-9-7-2)32-33-44-34-36(42)35-45-47(41(3,4)5,38-27-21-18-22-28-38)39-29-23-19-24-30-39;1-3-5-7-9-10-11-12-14-16-18-25(28)30-24(17-15-13-8-6-4-2)19-20-29-22-23(27)21-26;1-17(2,3)19(14-18,15-10-6-4-7-11-15)16-12-8-5-9-13-16/h18-19,21-24,27-30,36-37,42H,6-17,20,25-26,31-35H2,1-5H3;23-24,26-27H,3-22H2,1-2H3;4-13H,14H2,1-3H3/t36-,37-;23-,24+;/m10./s1. The highest BCUT2D eigenvalue weighted by Crippen LogP contribution is 2.38. The van der Waals surface area contributed by atoms with Crippen molar-refractivity contribution < 1.29 is 48.3 Å². The molecule has 13 heteroatoms. The van der Waals surface area contributed by atoms with Crippen LogP contribution in [0.3, 0.4) is 0 Å². The van der Waals surface area contributed by atoms with Gasteiger partial charge in [-0.05, 0) is 59.0 Å². The zero-order chi connectivity index (χ0) is 70.4. The summed E-state index contributed by atoms with van der Waals surface area (Å²) >= 11 is 2.60. The van der Waals surface area contributed by atoms with E-state index in [0.717, 1.165) is 51.4 Å². The van der Waals surface area contributed by atoms with Crippen molar-refractivity contribution in [1.82, 2.24) is 0 Å². The third-order valence-electron chi connectivity index (χ3n) is 18.7. The van der Waals surface area contributed by atoms with Crippen LogP contribution in [0.1, 0.15) is 288 Å². The van der Waals surface area contributed by atoms with E-state index >= 15 is 0 Å². The Labute approximate surface area is 603 Å². The Morgan fingerprint density at radius 2 is 0.698 bits per heavy atom. The summed E-state index contributed by atoms with van der Waals surface area (Å²) in [5.41, 5.74) is 0. The van der Waals surface area contributed by atoms with Crippen molar-refractivity contribution in [1.29, 1.82) is 0 Å². The molecule has 0 saturated heterocycles. The van der Waals surface area contributed by atoms with Crippen molar-refractivity contribution in [3.05, 3.63) is 121 Å². The second-order valence-corrected chi connectivity index (χ2v) is 40.3. The molecule has 0 aromatic heterocycles. The number of esters is 2. The number of rotatable bonds is 53. The summed E-state index contributed by atoms with van der Waals surface area (Å²) in [6.07, 6.45) is 36.3. The smallest absolute Gasteiger partial charge is 0.306 e. The molecular weight excluding hydrogens is 1340 g/mol. The number of benzene rings is 4. The summed E-state index contributed by atoms with van der Waals surface area (Å²) in [6, 6.07) is 43.2. The van der Waals surface area contributed by atoms with Crippen LogP contribution < -0.4 is 20.7 Å². The van der Waals surface area contributed by atoms with Crippen molar-refractivity contribution in [3.8, 4) is 0 Å². The van der Waals surface area contributed by atoms with Crippen molar-refractivity contribution in [3.63, 3.8) is 0 Å². The Morgan fingerprint density at radius 3 is 1.00 bits per heavy atom. The molecule has 0 radical (unpaired) electrons. The normalized spacial score (nSPS) is 13.2. The summed E-state index contributed by atoms with van der Waals surface area (Å²) in [6.45, 7) is 23.9. The largest absolute Gasteiger partial charge is 0.462 e. The van der Waals surface area contributed by atoms with Gasteiger partial charge in [-0.25, -0.2) is 0 Å². The molecule has 0 spiro atoms. The van der Waals surface area contributed by atoms with Crippen molar-refractivity contribution in [2.75, 3.05) is 43.7 Å². The van der Waals surface area contributed by atoms with Crippen LogP contribution in [0.4, 0.5) is 0 Å². The molecular formula is C83H139IO10Si2. The maximum atomic E-state index is 12.7. The van der Waals surface area contributed by atoms with Crippen molar-refractivity contribution in [2.24, 2.45) is 0 Å². The van der Waals surface area contributed by atoms with Crippen LogP contribution in [0.15, 0.2) is 121 Å². The lowest BCUT2D eigenvalue weighted by Crippen LogP contribution is -2.67. The molecule has 0 aliphatic heterocycles. The topological polar surface area (TPSA) is 141 Å². The fraction of sp³-hybridized carbons (Fsp3) is 0.687. The molecule has 0 heterocycles. The average Bonchev–Trinajstić information content (AvgIpc) is 0.762. The van der Waals surface area contributed by atoms with Gasteiger partial charge in [0.25, 0.3) is 8.32 Å². The van der Waals surface area contributed by atoms with Gasteiger partial charge < -0.3 is 38.7 Å². The van der Waals surface area contributed by atoms with E-state index in [1.165, 1.54) is 156 Å². The number of ether oxygens (including phenoxy) is 4. The first-order valence-electron chi connectivity index (χ1n) is 38.3. The lowest BCUT2D eigenvalue weighted by atomic mass is 10.1. The summed E-state index contributed by atoms with van der Waals surface area (Å²) in [5, 5.41) is 34.8. The molecule has 0 aliphatic rings. The van der Waals surface area contributed by atoms with E-state index in [4.69, 9.17) is 28.5 Å². The van der Waals surface area contributed by atoms with Gasteiger partial charge in [0.05, 0.1) is 45.7 Å². The van der Waals surface area contributed by atoms with Gasteiger partial charge in [0.15, 0.2) is 0 Å². The number of carbonyl (C=O) groups is 2. The van der Waals surface area contributed by atoms with Crippen LogP contribution in [-0.4, -0.2) is 112 Å². The molecule has 4 aromatic rings. The number of hydrogen-bond donors (Lipinski definition) is 3. The second-order valence-electron chi connectivity index (χ2n) is 29.0. The third kappa shape index (κ3) is 37.4. The molecule has 4 rings (SSSR count). The van der Waals surface area contributed by atoms with Gasteiger partial charge in [-0.2, -0.15) is 0 Å². The first kappa shape index (κ1) is 88.8. The molecule has 96 heavy (non-hydrogen) atoms. The Bertz CT molecular complexity index is 2340. The molecule has 0 amide bonds. The Morgan fingerprint density at radius 1 is 0.396 bits per heavy atom. The molecule has 546 valence electrons. The minimum absolute atomic E-state index is 0.0785. The van der Waals surface area contributed by atoms with E-state index in [0.29, 0.717) is 43.9 Å². The third-order valence-corrected chi connectivity index (χ3v) is 32.8. The van der Waals surface area contributed by atoms with Crippen LogP contribution in [0.2, 0.25) is 10.1 Å². The molecule has 3 N–H and O–H groups in total. The summed E-state index contributed by atoms with van der Waals surface area (Å²) in [4.78, 5) is 25.0. The Balaban J connectivity index is 0.000000543. The van der Waals surface area contributed by atoms with Gasteiger partial charge in [-0.15, -0.1) is 0 Å². The van der Waals surface area contributed by atoms with Crippen molar-refractivity contribution in [2.45, 2.75) is 322 Å². The van der Waals surface area contributed by atoms with Gasteiger partial charge >= 0.3 is 11.9 Å². The lowest BCUT2D eigenvalue weighted by molar-refractivity contribution is -0.151. The highest BCUT2D eigenvalue weighted by Gasteiger charge is 2.50. The fourth-order valence-corrected chi connectivity index (χ4v) is 27.9. The molecule has 0 aliphatic carbocycles. The van der Waals surface area contributed by atoms with Crippen LogP contribution in [0, 0.1) is 0 Å². The summed E-state index contributed by atoms with van der Waals surface area (Å²) < 4.78 is 31.1. The predicted octanol–water partition coefficient (Wildman–Crippen LogP) is 19.5. The zero-order valence-corrected chi connectivity index (χ0v) is 66.6. The lowest BCUT2D eigenvalue weighted by Gasteiger charge is -2.43. The van der Waals surface area contributed by atoms with Crippen molar-refractivity contribution >= 4 is 71.7 Å². The van der Waals surface area contributed by atoms with E-state index in [2.05, 4.69) is 201 Å². The maximum absolute atomic E-state index is 12.7. The monoisotopic (exact) mass is 1480 g/mol. The van der Waals surface area contributed by atoms with Gasteiger partial charge in [0.2, 0.25) is 0 Å². The van der Waals surface area contributed by atoms with E-state index in [1.807, 2.05) is 12.1 Å². The van der Waals surface area contributed by atoms with Crippen LogP contribution in [0.5, 0.6) is 0 Å². The molecule has 4 aromatic carbocycles. The molecule has 10 nitrogen and oxygen atoms in total.